The van der Waals surface area contributed by atoms with Crippen molar-refractivity contribution in [3.63, 3.8) is 0 Å². The van der Waals surface area contributed by atoms with E-state index in [0.29, 0.717) is 0 Å². The van der Waals surface area contributed by atoms with E-state index in [1.54, 1.807) is 0 Å². The van der Waals surface area contributed by atoms with E-state index in [2.05, 4.69) is 6.92 Å². The standard InChI is InChI=1S/C4H9Cl.C3H6O/c1-2-3-4-5;1-3(2)4/h2-4H2,1H3;1-2H3. The van der Waals surface area contributed by atoms with Gasteiger partial charge in [-0.15, -0.1) is 11.6 Å². The third kappa shape index (κ3) is 73.6. The van der Waals surface area contributed by atoms with Gasteiger partial charge in [-0.25, -0.2) is 0 Å². The fourth-order valence-electron chi connectivity index (χ4n) is 0.134. The third-order valence-electron chi connectivity index (χ3n) is 0.487. The van der Waals surface area contributed by atoms with Gasteiger partial charge >= 0.3 is 0 Å². The summed E-state index contributed by atoms with van der Waals surface area (Å²) in [5.41, 5.74) is 0. The van der Waals surface area contributed by atoms with Gasteiger partial charge in [0, 0.05) is 5.88 Å². The van der Waals surface area contributed by atoms with Gasteiger partial charge in [-0.05, 0) is 20.3 Å². The number of hydrogen-bond acceptors (Lipinski definition) is 1. The van der Waals surface area contributed by atoms with Gasteiger partial charge in [0.15, 0.2) is 0 Å². The molecule has 2 heteroatoms. The SMILES string of the molecule is CC(C)=O.CCCCCl. The van der Waals surface area contributed by atoms with Gasteiger partial charge in [0.05, 0.1) is 0 Å². The van der Waals surface area contributed by atoms with E-state index >= 15 is 0 Å². The van der Waals surface area contributed by atoms with E-state index < -0.39 is 0 Å². The molecular weight excluding hydrogens is 136 g/mol. The molecule has 0 N–H and O–H groups in total. The summed E-state index contributed by atoms with van der Waals surface area (Å²) in [6.45, 7) is 5.18. The first-order valence-electron chi connectivity index (χ1n) is 3.18. The Kier molecular flexibility index (Phi) is 14.1. The zero-order chi connectivity index (χ0) is 7.70. The molecule has 0 unspecified atom stereocenters. The minimum Gasteiger partial charge on any atom is -0.300 e. The number of carbonyl (C=O) groups excluding carboxylic acids is 1. The normalized spacial score (nSPS) is 7.56. The highest BCUT2D eigenvalue weighted by Crippen LogP contribution is 1.86. The Morgan fingerprint density at radius 3 is 1.78 bits per heavy atom. The van der Waals surface area contributed by atoms with Crippen LogP contribution < -0.4 is 0 Å². The molecule has 0 saturated carbocycles. The van der Waals surface area contributed by atoms with E-state index in [4.69, 9.17) is 11.6 Å². The van der Waals surface area contributed by atoms with Gasteiger partial charge in [0.1, 0.15) is 5.78 Å². The number of hydrogen-bond donors (Lipinski definition) is 0. The molecule has 0 amide bonds. The van der Waals surface area contributed by atoms with Gasteiger partial charge < -0.3 is 4.79 Å². The molecule has 0 aliphatic carbocycles. The van der Waals surface area contributed by atoms with Crippen LogP contribution in [0.4, 0.5) is 0 Å². The monoisotopic (exact) mass is 150 g/mol. The predicted octanol–water partition coefficient (Wildman–Crippen LogP) is 2.62. The molecule has 0 rings (SSSR count). The summed E-state index contributed by atoms with van der Waals surface area (Å²) in [6.07, 6.45) is 2.37. The minimum atomic E-state index is 0.167. The summed E-state index contributed by atoms with van der Waals surface area (Å²) in [5.74, 6) is 0.983. The minimum absolute atomic E-state index is 0.167. The van der Waals surface area contributed by atoms with E-state index in [0.717, 1.165) is 12.3 Å². The van der Waals surface area contributed by atoms with Crippen LogP contribution in [0.1, 0.15) is 33.6 Å². The number of alkyl halides is 1. The van der Waals surface area contributed by atoms with Crippen molar-refractivity contribution in [2.24, 2.45) is 0 Å². The molecule has 0 spiro atoms. The second-order valence-corrected chi connectivity index (χ2v) is 2.33. The zero-order valence-corrected chi connectivity index (χ0v) is 7.16. The molecule has 0 aliphatic rings. The highest BCUT2D eigenvalue weighted by Gasteiger charge is 1.70. The molecule has 0 atom stereocenters. The zero-order valence-electron chi connectivity index (χ0n) is 6.41. The quantitative estimate of drug-likeness (QED) is 0.553. The van der Waals surface area contributed by atoms with Crippen LogP contribution in [0.25, 0.3) is 0 Å². The molecule has 0 fully saturated rings. The number of rotatable bonds is 2. The lowest BCUT2D eigenvalue weighted by Gasteiger charge is -1.77. The van der Waals surface area contributed by atoms with Crippen molar-refractivity contribution in [2.75, 3.05) is 5.88 Å². The summed E-state index contributed by atoms with van der Waals surface area (Å²) >= 11 is 5.30. The van der Waals surface area contributed by atoms with Gasteiger partial charge in [0.2, 0.25) is 0 Å². The van der Waals surface area contributed by atoms with E-state index in [9.17, 15) is 4.79 Å². The molecule has 0 aliphatic heterocycles. The van der Waals surface area contributed by atoms with Gasteiger partial charge in [-0.3, -0.25) is 0 Å². The largest absolute Gasteiger partial charge is 0.300 e. The predicted molar refractivity (Wildman–Crippen MR) is 42.0 cm³/mol. The third-order valence-corrected chi connectivity index (χ3v) is 0.754. The maximum atomic E-state index is 9.44. The molecule has 0 saturated heterocycles. The Hall–Kier alpha value is -0.0400. The van der Waals surface area contributed by atoms with Crippen molar-refractivity contribution in [1.82, 2.24) is 0 Å². The number of ketones is 1. The van der Waals surface area contributed by atoms with Crippen molar-refractivity contribution < 1.29 is 4.79 Å². The lowest BCUT2D eigenvalue weighted by atomic mass is 10.4. The smallest absolute Gasteiger partial charge is 0.126 e. The van der Waals surface area contributed by atoms with Crippen LogP contribution in [0.2, 0.25) is 0 Å². The Balaban J connectivity index is 0. The van der Waals surface area contributed by atoms with Crippen LogP contribution in [0.3, 0.4) is 0 Å². The van der Waals surface area contributed by atoms with Crippen LogP contribution in [-0.2, 0) is 4.79 Å². The molecule has 0 bridgehead atoms. The molecule has 0 radical (unpaired) electrons. The van der Waals surface area contributed by atoms with Gasteiger partial charge in [-0.2, -0.15) is 0 Å². The first-order valence-corrected chi connectivity index (χ1v) is 3.71. The van der Waals surface area contributed by atoms with Crippen LogP contribution in [0, 0.1) is 0 Å². The molecule has 1 nitrogen and oxygen atoms in total. The topological polar surface area (TPSA) is 17.1 Å². The lowest BCUT2D eigenvalue weighted by molar-refractivity contribution is -0.114. The van der Waals surface area contributed by atoms with Gasteiger partial charge in [0.25, 0.3) is 0 Å². The first-order chi connectivity index (χ1) is 4.15. The summed E-state index contributed by atoms with van der Waals surface area (Å²) in [7, 11) is 0. The molecular formula is C7H15ClO. The second-order valence-electron chi connectivity index (χ2n) is 1.95. The summed E-state index contributed by atoms with van der Waals surface area (Å²) in [4.78, 5) is 9.44. The van der Waals surface area contributed by atoms with E-state index in [1.807, 2.05) is 0 Å². The summed E-state index contributed by atoms with van der Waals surface area (Å²) in [5, 5.41) is 0. The summed E-state index contributed by atoms with van der Waals surface area (Å²) in [6, 6.07) is 0. The number of unbranched alkanes of at least 4 members (excludes halogenated alkanes) is 1. The number of halogens is 1. The van der Waals surface area contributed by atoms with Crippen molar-refractivity contribution in [2.45, 2.75) is 33.6 Å². The summed E-state index contributed by atoms with van der Waals surface area (Å²) < 4.78 is 0. The second kappa shape index (κ2) is 10.9. The molecule has 56 valence electrons. The van der Waals surface area contributed by atoms with Crippen molar-refractivity contribution in [3.8, 4) is 0 Å². The average molecular weight is 151 g/mol. The highest BCUT2D eigenvalue weighted by atomic mass is 35.5. The Morgan fingerprint density at radius 1 is 1.44 bits per heavy atom. The van der Waals surface area contributed by atoms with Crippen LogP contribution in [0.15, 0.2) is 0 Å². The molecule has 0 aromatic carbocycles. The number of Topliss-reactive ketones (excluding diaryl/α,β-unsaturated/α-hetero) is 1. The molecule has 0 aromatic heterocycles. The first kappa shape index (κ1) is 11.7. The Bertz CT molecular complexity index is 55.9. The maximum Gasteiger partial charge on any atom is 0.126 e. The lowest BCUT2D eigenvalue weighted by Crippen LogP contribution is -1.69. The highest BCUT2D eigenvalue weighted by molar-refractivity contribution is 6.17. The molecule has 0 aromatic rings. The van der Waals surface area contributed by atoms with E-state index in [-0.39, 0.29) is 5.78 Å². The Morgan fingerprint density at radius 2 is 1.78 bits per heavy atom. The molecule has 9 heavy (non-hydrogen) atoms. The van der Waals surface area contributed by atoms with Gasteiger partial charge in [-0.1, -0.05) is 13.3 Å². The van der Waals surface area contributed by atoms with Crippen LogP contribution in [0.5, 0.6) is 0 Å². The number of carbonyl (C=O) groups is 1. The van der Waals surface area contributed by atoms with Crippen molar-refractivity contribution >= 4 is 17.4 Å². The van der Waals surface area contributed by atoms with Crippen molar-refractivity contribution in [1.29, 1.82) is 0 Å². The average Bonchev–Trinajstić information content (AvgIpc) is 1.66. The fraction of sp³-hybridized carbons (Fsp3) is 0.857. The maximum absolute atomic E-state index is 9.44. The van der Waals surface area contributed by atoms with E-state index in [1.165, 1.54) is 20.3 Å². The van der Waals surface area contributed by atoms with Crippen molar-refractivity contribution in [3.05, 3.63) is 0 Å². The fourth-order valence-corrected chi connectivity index (χ4v) is 0.401. The molecule has 0 heterocycles. The van der Waals surface area contributed by atoms with Crippen LogP contribution >= 0.6 is 11.6 Å². The Labute approximate surface area is 62.4 Å². The van der Waals surface area contributed by atoms with Crippen LogP contribution in [-0.4, -0.2) is 11.7 Å².